The van der Waals surface area contributed by atoms with E-state index in [1.165, 1.54) is 20.5 Å². The van der Waals surface area contributed by atoms with Crippen LogP contribution in [0.1, 0.15) is 23.8 Å². The number of aromatic nitrogens is 2. The standard InChI is InChI=1S/C18H25FN4O4S/c1-3-27-10-9-22-15(24)14-12(2)13(11-21-8-6-20-17(21)25)28-16(14)23(18(22)26)7-4-5-19/h3-11H2,1-2H3,(H,20,25). The molecule has 0 radical (unpaired) electrons. The number of amides is 2. The Bertz CT molecular complexity index is 981. The number of nitrogens with zero attached hydrogens (tertiary/aromatic N) is 3. The molecule has 0 bridgehead atoms. The quantitative estimate of drug-likeness (QED) is 0.632. The number of ether oxygens (including phenoxy) is 1. The van der Waals surface area contributed by atoms with Gasteiger partial charge in [0.25, 0.3) is 5.56 Å². The van der Waals surface area contributed by atoms with Crippen LogP contribution in [0.4, 0.5) is 9.18 Å². The Balaban J connectivity index is 2.11. The molecule has 0 saturated carbocycles. The fraction of sp³-hybridized carbons (Fsp3) is 0.611. The summed E-state index contributed by atoms with van der Waals surface area (Å²) in [5.41, 5.74) is -0.0386. The van der Waals surface area contributed by atoms with Crippen molar-refractivity contribution in [2.24, 2.45) is 0 Å². The lowest BCUT2D eigenvalue weighted by Gasteiger charge is -2.12. The van der Waals surface area contributed by atoms with Gasteiger partial charge in [-0.1, -0.05) is 0 Å². The van der Waals surface area contributed by atoms with Crippen LogP contribution in [0.25, 0.3) is 10.2 Å². The normalized spacial score (nSPS) is 14.2. The van der Waals surface area contributed by atoms with Crippen LogP contribution in [0.3, 0.4) is 0 Å². The minimum Gasteiger partial charge on any atom is -0.380 e. The molecule has 10 heteroatoms. The average molecular weight is 412 g/mol. The maximum atomic E-state index is 13.0. The molecule has 3 heterocycles. The third-order valence-corrected chi connectivity index (χ3v) is 6.15. The first-order valence-corrected chi connectivity index (χ1v) is 10.2. The number of fused-ring (bicyclic) bond motifs is 1. The van der Waals surface area contributed by atoms with E-state index in [0.29, 0.717) is 36.5 Å². The molecule has 28 heavy (non-hydrogen) atoms. The molecule has 0 aliphatic carbocycles. The predicted molar refractivity (Wildman–Crippen MR) is 106 cm³/mol. The fourth-order valence-corrected chi connectivity index (χ4v) is 4.67. The molecule has 8 nitrogen and oxygen atoms in total. The summed E-state index contributed by atoms with van der Waals surface area (Å²) >= 11 is 1.33. The van der Waals surface area contributed by atoms with E-state index in [4.69, 9.17) is 4.74 Å². The van der Waals surface area contributed by atoms with E-state index in [0.717, 1.165) is 10.4 Å². The number of carbonyl (C=O) groups excluding carboxylic acids is 1. The summed E-state index contributed by atoms with van der Waals surface area (Å²) in [6, 6.07) is -0.138. The van der Waals surface area contributed by atoms with Gasteiger partial charge in [0.1, 0.15) is 4.83 Å². The van der Waals surface area contributed by atoms with Crippen LogP contribution in [0.2, 0.25) is 0 Å². The number of hydrogen-bond acceptors (Lipinski definition) is 5. The molecule has 1 fully saturated rings. The Morgan fingerprint density at radius 2 is 2.00 bits per heavy atom. The van der Waals surface area contributed by atoms with Gasteiger partial charge in [-0.2, -0.15) is 0 Å². The van der Waals surface area contributed by atoms with E-state index in [1.54, 1.807) is 4.90 Å². The van der Waals surface area contributed by atoms with Crippen LogP contribution in [0.5, 0.6) is 0 Å². The molecule has 0 spiro atoms. The first-order valence-electron chi connectivity index (χ1n) is 9.41. The fourth-order valence-electron chi connectivity index (χ4n) is 3.34. The van der Waals surface area contributed by atoms with Crippen molar-refractivity contribution in [3.05, 3.63) is 31.3 Å². The van der Waals surface area contributed by atoms with Crippen LogP contribution in [-0.4, -0.2) is 53.0 Å². The molecule has 0 unspecified atom stereocenters. The van der Waals surface area contributed by atoms with E-state index in [9.17, 15) is 18.8 Å². The van der Waals surface area contributed by atoms with Crippen molar-refractivity contribution in [2.75, 3.05) is 33.0 Å². The number of alkyl halides is 1. The third-order valence-electron chi connectivity index (χ3n) is 4.85. The Morgan fingerprint density at radius 1 is 1.21 bits per heavy atom. The molecule has 3 rings (SSSR count). The van der Waals surface area contributed by atoms with Crippen LogP contribution in [0.15, 0.2) is 9.59 Å². The van der Waals surface area contributed by atoms with Crippen molar-refractivity contribution in [2.45, 2.75) is 39.9 Å². The molecular formula is C18H25FN4O4S. The number of rotatable bonds is 9. The number of carbonyl (C=O) groups is 1. The Kier molecular flexibility index (Phi) is 6.50. The smallest absolute Gasteiger partial charge is 0.332 e. The van der Waals surface area contributed by atoms with E-state index in [2.05, 4.69) is 5.32 Å². The number of nitrogens with one attached hydrogen (secondary N) is 1. The highest BCUT2D eigenvalue weighted by Gasteiger charge is 2.24. The molecule has 1 aliphatic heterocycles. The SMILES string of the molecule is CCOCCn1c(=O)c2c(C)c(CN3CCNC3=O)sc2n(CCCF)c1=O. The topological polar surface area (TPSA) is 85.6 Å². The van der Waals surface area contributed by atoms with Gasteiger partial charge in [0.2, 0.25) is 0 Å². The van der Waals surface area contributed by atoms with Crippen molar-refractivity contribution in [3.8, 4) is 0 Å². The van der Waals surface area contributed by atoms with Crippen LogP contribution in [-0.2, 0) is 24.4 Å². The van der Waals surface area contributed by atoms with Gasteiger partial charge in [-0.05, 0) is 25.8 Å². The highest BCUT2D eigenvalue weighted by atomic mass is 32.1. The molecule has 0 aromatic carbocycles. The van der Waals surface area contributed by atoms with Gasteiger partial charge in [-0.25, -0.2) is 9.59 Å². The van der Waals surface area contributed by atoms with Crippen LogP contribution < -0.4 is 16.6 Å². The largest absolute Gasteiger partial charge is 0.380 e. The van der Waals surface area contributed by atoms with Crippen molar-refractivity contribution in [1.82, 2.24) is 19.4 Å². The number of urea groups is 1. The third kappa shape index (κ3) is 3.83. The van der Waals surface area contributed by atoms with E-state index in [1.807, 2.05) is 13.8 Å². The van der Waals surface area contributed by atoms with E-state index in [-0.39, 0.29) is 37.7 Å². The lowest BCUT2D eigenvalue weighted by atomic mass is 10.2. The minimum atomic E-state index is -0.544. The summed E-state index contributed by atoms with van der Waals surface area (Å²) < 4.78 is 20.7. The number of thiophene rings is 1. The van der Waals surface area contributed by atoms with Gasteiger partial charge >= 0.3 is 11.7 Å². The summed E-state index contributed by atoms with van der Waals surface area (Å²) in [7, 11) is 0. The molecular weight excluding hydrogens is 387 g/mol. The molecule has 0 atom stereocenters. The zero-order chi connectivity index (χ0) is 20.3. The number of aryl methyl sites for hydroxylation is 2. The highest BCUT2D eigenvalue weighted by Crippen LogP contribution is 2.29. The highest BCUT2D eigenvalue weighted by molar-refractivity contribution is 7.18. The Hall–Kier alpha value is -2.20. The summed E-state index contributed by atoms with van der Waals surface area (Å²) in [6.07, 6.45) is 0.194. The zero-order valence-corrected chi connectivity index (χ0v) is 16.9. The summed E-state index contributed by atoms with van der Waals surface area (Å²) in [5, 5.41) is 3.22. The second-order valence-corrected chi connectivity index (χ2v) is 7.70. The summed E-state index contributed by atoms with van der Waals surface area (Å²) in [5.74, 6) is 0. The number of halogens is 1. The molecule has 1 N–H and O–H groups in total. The first kappa shape index (κ1) is 20.5. The lowest BCUT2D eigenvalue weighted by molar-refractivity contribution is 0.137. The monoisotopic (exact) mass is 412 g/mol. The maximum absolute atomic E-state index is 13.0. The minimum absolute atomic E-state index is 0.138. The zero-order valence-electron chi connectivity index (χ0n) is 16.1. The Labute approximate surface area is 165 Å². The van der Waals surface area contributed by atoms with Gasteiger partial charge in [-0.3, -0.25) is 18.3 Å². The van der Waals surface area contributed by atoms with Crippen LogP contribution in [0, 0.1) is 6.92 Å². The van der Waals surface area contributed by atoms with Crippen molar-refractivity contribution in [3.63, 3.8) is 0 Å². The van der Waals surface area contributed by atoms with Gasteiger partial charge < -0.3 is 15.0 Å². The first-order chi connectivity index (χ1) is 13.5. The van der Waals surface area contributed by atoms with Gasteiger partial charge in [0, 0.05) is 31.1 Å². The predicted octanol–water partition coefficient (Wildman–Crippen LogP) is 1.45. The Morgan fingerprint density at radius 3 is 2.64 bits per heavy atom. The molecule has 2 amide bonds. The second kappa shape index (κ2) is 8.87. The van der Waals surface area contributed by atoms with Crippen molar-refractivity contribution < 1.29 is 13.9 Å². The average Bonchev–Trinajstić information content (AvgIpc) is 3.22. The lowest BCUT2D eigenvalue weighted by Crippen LogP contribution is -2.40. The van der Waals surface area contributed by atoms with Gasteiger partial charge in [0.15, 0.2) is 0 Å². The molecule has 2 aromatic rings. The summed E-state index contributed by atoms with van der Waals surface area (Å²) in [6.45, 7) is 5.80. The van der Waals surface area contributed by atoms with Gasteiger partial charge in [-0.15, -0.1) is 11.3 Å². The van der Waals surface area contributed by atoms with Crippen molar-refractivity contribution in [1.29, 1.82) is 0 Å². The summed E-state index contributed by atoms with van der Waals surface area (Å²) in [4.78, 5) is 40.9. The van der Waals surface area contributed by atoms with Crippen molar-refractivity contribution >= 4 is 27.6 Å². The second-order valence-electron chi connectivity index (χ2n) is 6.61. The molecule has 2 aromatic heterocycles. The maximum Gasteiger partial charge on any atom is 0.332 e. The molecule has 1 saturated heterocycles. The van der Waals surface area contributed by atoms with E-state index >= 15 is 0 Å². The van der Waals surface area contributed by atoms with Gasteiger partial charge in [0.05, 0.1) is 31.8 Å². The van der Waals surface area contributed by atoms with Crippen LogP contribution >= 0.6 is 11.3 Å². The van der Waals surface area contributed by atoms with E-state index < -0.39 is 12.4 Å². The molecule has 154 valence electrons. The number of hydrogen-bond donors (Lipinski definition) is 1. The molecule has 1 aliphatic rings.